The number of anilines is 2. The topological polar surface area (TPSA) is 84.4 Å². The van der Waals surface area contributed by atoms with E-state index in [2.05, 4.69) is 5.32 Å². The molecule has 0 aromatic heterocycles. The van der Waals surface area contributed by atoms with Crippen molar-refractivity contribution in [2.75, 3.05) is 23.3 Å². The molecule has 1 heterocycles. The van der Waals surface area contributed by atoms with Crippen LogP contribution in [0.15, 0.2) is 12.1 Å². The molecule has 1 saturated heterocycles. The quantitative estimate of drug-likeness (QED) is 0.501. The van der Waals surface area contributed by atoms with Gasteiger partial charge in [0.2, 0.25) is 0 Å². The van der Waals surface area contributed by atoms with Gasteiger partial charge in [0.05, 0.1) is 4.92 Å². The molecular weight excluding hydrogens is 264 g/mol. The van der Waals surface area contributed by atoms with Gasteiger partial charge in [-0.15, -0.1) is 0 Å². The molecule has 0 unspecified atom stereocenters. The first-order valence-corrected chi connectivity index (χ1v) is 6.50. The highest BCUT2D eigenvalue weighted by Crippen LogP contribution is 2.35. The number of nitrogens with zero attached hydrogens (tertiary/aromatic N) is 2. The minimum atomic E-state index is -0.342. The number of rotatable bonds is 3. The SMILES string of the molecule is Cc1cc([N+](=O)[O-])c(N2CCCC2)cc1NC(N)=S. The summed E-state index contributed by atoms with van der Waals surface area (Å²) < 4.78 is 0. The molecule has 0 amide bonds. The fourth-order valence-corrected chi connectivity index (χ4v) is 2.42. The summed E-state index contributed by atoms with van der Waals surface area (Å²) in [6.45, 7) is 3.48. The van der Waals surface area contributed by atoms with Crippen molar-refractivity contribution in [3.05, 3.63) is 27.8 Å². The molecule has 3 N–H and O–H groups in total. The van der Waals surface area contributed by atoms with E-state index in [4.69, 9.17) is 18.0 Å². The number of hydrogen-bond acceptors (Lipinski definition) is 4. The Hall–Kier alpha value is -1.89. The van der Waals surface area contributed by atoms with E-state index in [1.807, 2.05) is 4.90 Å². The number of hydrogen-bond donors (Lipinski definition) is 2. The van der Waals surface area contributed by atoms with Gasteiger partial charge in [-0.1, -0.05) is 0 Å². The van der Waals surface area contributed by atoms with Gasteiger partial charge >= 0.3 is 0 Å². The van der Waals surface area contributed by atoms with Crippen molar-refractivity contribution in [2.45, 2.75) is 19.8 Å². The molecule has 0 bridgehead atoms. The Kier molecular flexibility index (Phi) is 3.84. The highest BCUT2D eigenvalue weighted by Gasteiger charge is 2.23. The van der Waals surface area contributed by atoms with Crippen LogP contribution in [0.4, 0.5) is 17.1 Å². The fraction of sp³-hybridized carbons (Fsp3) is 0.417. The molecule has 0 radical (unpaired) electrons. The Labute approximate surface area is 116 Å². The second-order valence-corrected chi connectivity index (χ2v) is 5.04. The highest BCUT2D eigenvalue weighted by molar-refractivity contribution is 7.80. The molecule has 1 aromatic carbocycles. The standard InChI is InChI=1S/C12H16N4O2S/c1-8-6-11(16(17)18)10(15-4-2-3-5-15)7-9(8)14-12(13)19/h6-7H,2-5H2,1H3,(H3,13,14,19). The number of aryl methyl sites for hydroxylation is 1. The molecule has 6 nitrogen and oxygen atoms in total. The van der Waals surface area contributed by atoms with Crippen LogP contribution >= 0.6 is 12.2 Å². The highest BCUT2D eigenvalue weighted by atomic mass is 32.1. The molecule has 1 aromatic rings. The number of nitrogens with one attached hydrogen (secondary N) is 1. The van der Waals surface area contributed by atoms with Crippen LogP contribution in [0, 0.1) is 17.0 Å². The number of benzene rings is 1. The zero-order valence-electron chi connectivity index (χ0n) is 10.7. The van der Waals surface area contributed by atoms with Crippen molar-refractivity contribution < 1.29 is 4.92 Å². The zero-order valence-corrected chi connectivity index (χ0v) is 11.5. The van der Waals surface area contributed by atoms with E-state index in [1.165, 1.54) is 0 Å². The van der Waals surface area contributed by atoms with E-state index in [0.29, 0.717) is 5.69 Å². The summed E-state index contributed by atoms with van der Waals surface area (Å²) >= 11 is 4.82. The molecule has 19 heavy (non-hydrogen) atoms. The lowest BCUT2D eigenvalue weighted by molar-refractivity contribution is -0.384. The molecule has 102 valence electrons. The van der Waals surface area contributed by atoms with Gasteiger partial charge in [0.15, 0.2) is 5.11 Å². The van der Waals surface area contributed by atoms with Crippen LogP contribution < -0.4 is 16.0 Å². The predicted octanol–water partition coefficient (Wildman–Crippen LogP) is 2.16. The maximum Gasteiger partial charge on any atom is 0.292 e. The van der Waals surface area contributed by atoms with Gasteiger partial charge in [0.25, 0.3) is 5.69 Å². The number of nitrogens with two attached hydrogens (primary N) is 1. The summed E-state index contributed by atoms with van der Waals surface area (Å²) in [5, 5.41) is 14.2. The van der Waals surface area contributed by atoms with Crippen molar-refractivity contribution in [1.29, 1.82) is 0 Å². The molecule has 0 aliphatic carbocycles. The smallest absolute Gasteiger partial charge is 0.292 e. The molecule has 2 rings (SSSR count). The maximum absolute atomic E-state index is 11.2. The van der Waals surface area contributed by atoms with Gasteiger partial charge in [-0.25, -0.2) is 0 Å². The molecule has 0 saturated carbocycles. The predicted molar refractivity (Wildman–Crippen MR) is 79.7 cm³/mol. The van der Waals surface area contributed by atoms with Gasteiger partial charge in [-0.3, -0.25) is 10.1 Å². The Bertz CT molecular complexity index is 527. The van der Waals surface area contributed by atoms with Crippen LogP contribution in [0.5, 0.6) is 0 Å². The molecule has 7 heteroatoms. The third-order valence-corrected chi connectivity index (χ3v) is 3.32. The first kappa shape index (κ1) is 13.5. The van der Waals surface area contributed by atoms with Crippen LogP contribution in [-0.4, -0.2) is 23.1 Å². The van der Waals surface area contributed by atoms with Crippen LogP contribution in [0.2, 0.25) is 0 Å². The van der Waals surface area contributed by atoms with E-state index >= 15 is 0 Å². The summed E-state index contributed by atoms with van der Waals surface area (Å²) in [4.78, 5) is 12.9. The molecule has 1 aliphatic heterocycles. The van der Waals surface area contributed by atoms with E-state index in [1.54, 1.807) is 19.1 Å². The lowest BCUT2D eigenvalue weighted by Crippen LogP contribution is -2.22. The van der Waals surface area contributed by atoms with Crippen molar-refractivity contribution >= 4 is 34.4 Å². The number of thiocarbonyl (C=S) groups is 1. The lowest BCUT2D eigenvalue weighted by Gasteiger charge is -2.19. The van der Waals surface area contributed by atoms with E-state index < -0.39 is 0 Å². The van der Waals surface area contributed by atoms with Gasteiger partial charge in [-0.2, -0.15) is 0 Å². The van der Waals surface area contributed by atoms with Crippen molar-refractivity contribution in [2.24, 2.45) is 5.73 Å². The Morgan fingerprint density at radius 1 is 1.47 bits per heavy atom. The molecule has 1 fully saturated rings. The third kappa shape index (κ3) is 2.93. The molecule has 0 spiro atoms. The Balaban J connectivity index is 2.47. The van der Waals surface area contributed by atoms with Crippen LogP contribution in [-0.2, 0) is 0 Å². The summed E-state index contributed by atoms with van der Waals surface area (Å²) in [6.07, 6.45) is 2.12. The summed E-state index contributed by atoms with van der Waals surface area (Å²) in [6, 6.07) is 3.33. The van der Waals surface area contributed by atoms with E-state index in [-0.39, 0.29) is 15.7 Å². The fourth-order valence-electron chi connectivity index (χ4n) is 2.31. The second-order valence-electron chi connectivity index (χ2n) is 4.60. The molecular formula is C12H16N4O2S. The maximum atomic E-state index is 11.2. The van der Waals surface area contributed by atoms with Crippen LogP contribution in [0.1, 0.15) is 18.4 Å². The first-order chi connectivity index (χ1) is 8.99. The van der Waals surface area contributed by atoms with Crippen LogP contribution in [0.3, 0.4) is 0 Å². The Morgan fingerprint density at radius 3 is 2.63 bits per heavy atom. The average Bonchev–Trinajstić information content (AvgIpc) is 2.84. The van der Waals surface area contributed by atoms with Crippen molar-refractivity contribution in [3.63, 3.8) is 0 Å². The van der Waals surface area contributed by atoms with Gasteiger partial charge in [-0.05, 0) is 43.6 Å². The second kappa shape index (κ2) is 5.40. The molecule has 1 aliphatic rings. The van der Waals surface area contributed by atoms with Gasteiger partial charge in [0.1, 0.15) is 5.69 Å². The third-order valence-electron chi connectivity index (χ3n) is 3.22. The minimum absolute atomic E-state index is 0.132. The first-order valence-electron chi connectivity index (χ1n) is 6.09. The summed E-state index contributed by atoms with van der Waals surface area (Å²) in [5.41, 5.74) is 7.71. The molecule has 0 atom stereocenters. The average molecular weight is 280 g/mol. The summed E-state index contributed by atoms with van der Waals surface area (Å²) in [7, 11) is 0. The van der Waals surface area contributed by atoms with Crippen molar-refractivity contribution in [3.8, 4) is 0 Å². The van der Waals surface area contributed by atoms with E-state index in [9.17, 15) is 10.1 Å². The van der Waals surface area contributed by atoms with Crippen molar-refractivity contribution in [1.82, 2.24) is 0 Å². The Morgan fingerprint density at radius 2 is 2.11 bits per heavy atom. The normalized spacial score (nSPS) is 14.5. The van der Waals surface area contributed by atoms with Gasteiger partial charge in [0, 0.05) is 24.8 Å². The van der Waals surface area contributed by atoms with Crippen LogP contribution in [0.25, 0.3) is 0 Å². The zero-order chi connectivity index (χ0) is 14.0. The van der Waals surface area contributed by atoms with E-state index in [0.717, 1.165) is 37.2 Å². The van der Waals surface area contributed by atoms with Gasteiger partial charge < -0.3 is 16.0 Å². The lowest BCUT2D eigenvalue weighted by atomic mass is 10.1. The number of nitro groups is 1. The largest absolute Gasteiger partial charge is 0.376 e. The monoisotopic (exact) mass is 280 g/mol. The number of nitro benzene ring substituents is 1. The summed E-state index contributed by atoms with van der Waals surface area (Å²) in [5.74, 6) is 0. The minimum Gasteiger partial charge on any atom is -0.376 e.